The predicted molar refractivity (Wildman–Crippen MR) is 82.9 cm³/mol. The van der Waals surface area contributed by atoms with E-state index in [-0.39, 0.29) is 16.9 Å². The Hall–Kier alpha value is -1.48. The Morgan fingerprint density at radius 1 is 1.41 bits per heavy atom. The van der Waals surface area contributed by atoms with Gasteiger partial charge in [-0.2, -0.15) is 0 Å². The third kappa shape index (κ3) is 3.64. The molecule has 1 aromatic carbocycles. The first kappa shape index (κ1) is 16.9. The minimum Gasteiger partial charge on any atom is -0.364 e. The van der Waals surface area contributed by atoms with E-state index >= 15 is 0 Å². The van der Waals surface area contributed by atoms with Crippen LogP contribution in [0.25, 0.3) is 0 Å². The molecule has 22 heavy (non-hydrogen) atoms. The quantitative estimate of drug-likeness (QED) is 0.814. The summed E-state index contributed by atoms with van der Waals surface area (Å²) in [5, 5.41) is 2.69. The standard InChI is InChI=1S/C14H21N3O4S/c1-17(2)22(19,20)12-5-3-4-10(8-12)16-14(18)13-7-6-11(9-15)21-13/h3-5,8,11,13H,6-7,9,15H2,1-2H3,(H,16,18)/t11-,13+/m1/s1. The topological polar surface area (TPSA) is 102 Å². The lowest BCUT2D eigenvalue weighted by Crippen LogP contribution is -2.30. The number of hydrogen-bond donors (Lipinski definition) is 2. The van der Waals surface area contributed by atoms with Crippen LogP contribution in [0.2, 0.25) is 0 Å². The summed E-state index contributed by atoms with van der Waals surface area (Å²) in [6, 6.07) is 6.15. The van der Waals surface area contributed by atoms with Gasteiger partial charge in [0.2, 0.25) is 10.0 Å². The number of rotatable bonds is 5. The summed E-state index contributed by atoms with van der Waals surface area (Å²) in [5.74, 6) is -0.282. The van der Waals surface area contributed by atoms with Gasteiger partial charge in [-0.15, -0.1) is 0 Å². The molecule has 1 aromatic rings. The number of benzene rings is 1. The second kappa shape index (κ2) is 6.74. The van der Waals surface area contributed by atoms with Crippen molar-refractivity contribution in [3.8, 4) is 0 Å². The van der Waals surface area contributed by atoms with Crippen LogP contribution in [0.15, 0.2) is 29.2 Å². The van der Waals surface area contributed by atoms with E-state index in [2.05, 4.69) is 5.32 Å². The van der Waals surface area contributed by atoms with Crippen LogP contribution in [0.3, 0.4) is 0 Å². The van der Waals surface area contributed by atoms with Crippen molar-refractivity contribution < 1.29 is 17.9 Å². The molecule has 7 nitrogen and oxygen atoms in total. The highest BCUT2D eigenvalue weighted by molar-refractivity contribution is 7.89. The van der Waals surface area contributed by atoms with E-state index in [1.807, 2.05) is 0 Å². The summed E-state index contributed by atoms with van der Waals surface area (Å²) in [7, 11) is -0.616. The van der Waals surface area contributed by atoms with Crippen molar-refractivity contribution in [3.63, 3.8) is 0 Å². The van der Waals surface area contributed by atoms with Gasteiger partial charge < -0.3 is 15.8 Å². The number of anilines is 1. The highest BCUT2D eigenvalue weighted by Crippen LogP contribution is 2.22. The van der Waals surface area contributed by atoms with Crippen LogP contribution < -0.4 is 11.1 Å². The summed E-state index contributed by atoms with van der Waals surface area (Å²) >= 11 is 0. The Morgan fingerprint density at radius 3 is 2.73 bits per heavy atom. The molecule has 1 aliphatic rings. The fourth-order valence-electron chi connectivity index (χ4n) is 2.24. The van der Waals surface area contributed by atoms with Crippen molar-refractivity contribution in [1.29, 1.82) is 0 Å². The number of carbonyl (C=O) groups excluding carboxylic acids is 1. The second-order valence-corrected chi connectivity index (χ2v) is 7.52. The van der Waals surface area contributed by atoms with Gasteiger partial charge in [-0.3, -0.25) is 4.79 Å². The van der Waals surface area contributed by atoms with Crippen molar-refractivity contribution >= 4 is 21.6 Å². The number of amides is 1. The van der Waals surface area contributed by atoms with Gasteiger partial charge in [-0.1, -0.05) is 6.07 Å². The molecular formula is C14H21N3O4S. The number of hydrogen-bond acceptors (Lipinski definition) is 5. The van der Waals surface area contributed by atoms with Crippen LogP contribution in [0, 0.1) is 0 Å². The van der Waals surface area contributed by atoms with Crippen LogP contribution in [0.5, 0.6) is 0 Å². The Labute approximate surface area is 130 Å². The van der Waals surface area contributed by atoms with Crippen molar-refractivity contribution in [1.82, 2.24) is 4.31 Å². The van der Waals surface area contributed by atoms with Gasteiger partial charge in [0, 0.05) is 26.3 Å². The number of ether oxygens (including phenoxy) is 1. The van der Waals surface area contributed by atoms with Crippen molar-refractivity contribution in [2.45, 2.75) is 29.9 Å². The number of nitrogens with one attached hydrogen (secondary N) is 1. The fourth-order valence-corrected chi connectivity index (χ4v) is 3.19. The molecule has 0 aliphatic carbocycles. The Balaban J connectivity index is 2.10. The average Bonchev–Trinajstić information content (AvgIpc) is 2.96. The van der Waals surface area contributed by atoms with Gasteiger partial charge in [0.15, 0.2) is 0 Å². The first-order valence-corrected chi connectivity index (χ1v) is 8.47. The van der Waals surface area contributed by atoms with E-state index in [1.54, 1.807) is 12.1 Å². The maximum absolute atomic E-state index is 12.1. The zero-order valence-corrected chi connectivity index (χ0v) is 13.5. The number of sulfonamides is 1. The van der Waals surface area contributed by atoms with E-state index in [0.717, 1.165) is 10.7 Å². The molecule has 0 spiro atoms. The van der Waals surface area contributed by atoms with E-state index in [0.29, 0.717) is 18.7 Å². The molecule has 2 atom stereocenters. The molecule has 1 saturated heterocycles. The molecule has 2 rings (SSSR count). The molecular weight excluding hydrogens is 306 g/mol. The summed E-state index contributed by atoms with van der Waals surface area (Å²) < 4.78 is 30.8. The van der Waals surface area contributed by atoms with E-state index in [9.17, 15) is 13.2 Å². The van der Waals surface area contributed by atoms with Crippen molar-refractivity contribution in [3.05, 3.63) is 24.3 Å². The summed E-state index contributed by atoms with van der Waals surface area (Å²) in [4.78, 5) is 12.3. The largest absolute Gasteiger partial charge is 0.364 e. The van der Waals surface area contributed by atoms with Gasteiger partial charge in [-0.25, -0.2) is 12.7 Å². The van der Waals surface area contributed by atoms with Gasteiger partial charge in [-0.05, 0) is 31.0 Å². The molecule has 0 saturated carbocycles. The van der Waals surface area contributed by atoms with Gasteiger partial charge in [0.1, 0.15) is 6.10 Å². The smallest absolute Gasteiger partial charge is 0.253 e. The highest BCUT2D eigenvalue weighted by atomic mass is 32.2. The van der Waals surface area contributed by atoms with Crippen LogP contribution >= 0.6 is 0 Å². The molecule has 0 bridgehead atoms. The number of nitrogens with zero attached hydrogens (tertiary/aromatic N) is 1. The molecule has 0 aromatic heterocycles. The lowest BCUT2D eigenvalue weighted by molar-refractivity contribution is -0.126. The first-order valence-electron chi connectivity index (χ1n) is 7.03. The molecule has 1 amide bonds. The third-order valence-electron chi connectivity index (χ3n) is 3.54. The molecule has 8 heteroatoms. The predicted octanol–water partition coefficient (Wildman–Crippen LogP) is 0.382. The van der Waals surface area contributed by atoms with Crippen LogP contribution in [0.4, 0.5) is 5.69 Å². The second-order valence-electron chi connectivity index (χ2n) is 5.36. The van der Waals surface area contributed by atoms with Gasteiger partial charge >= 0.3 is 0 Å². The van der Waals surface area contributed by atoms with Crippen molar-refractivity contribution in [2.75, 3.05) is 26.0 Å². The SMILES string of the molecule is CN(C)S(=O)(=O)c1cccc(NC(=O)[C@@H]2CC[C@H](CN)O2)c1. The van der Waals surface area contributed by atoms with Crippen LogP contribution in [0.1, 0.15) is 12.8 Å². The molecule has 122 valence electrons. The van der Waals surface area contributed by atoms with Gasteiger partial charge in [0.25, 0.3) is 5.91 Å². The highest BCUT2D eigenvalue weighted by Gasteiger charge is 2.30. The minimum absolute atomic E-state index is 0.0868. The average molecular weight is 327 g/mol. The van der Waals surface area contributed by atoms with E-state index in [4.69, 9.17) is 10.5 Å². The lowest BCUT2D eigenvalue weighted by atomic mass is 10.2. The monoisotopic (exact) mass is 327 g/mol. The van der Waals surface area contributed by atoms with Gasteiger partial charge in [0.05, 0.1) is 11.0 Å². The summed E-state index contributed by atoms with van der Waals surface area (Å²) in [6.45, 7) is 0.389. The minimum atomic E-state index is -3.53. The summed E-state index contributed by atoms with van der Waals surface area (Å²) in [6.07, 6.45) is 0.742. The molecule has 1 fully saturated rings. The maximum Gasteiger partial charge on any atom is 0.253 e. The number of nitrogens with two attached hydrogens (primary N) is 1. The Bertz CT molecular complexity index is 645. The van der Waals surface area contributed by atoms with E-state index in [1.165, 1.54) is 26.2 Å². The zero-order chi connectivity index (χ0) is 16.3. The molecule has 1 aliphatic heterocycles. The number of carbonyl (C=O) groups is 1. The van der Waals surface area contributed by atoms with Crippen LogP contribution in [-0.2, 0) is 19.6 Å². The molecule has 3 N–H and O–H groups in total. The van der Waals surface area contributed by atoms with E-state index < -0.39 is 16.1 Å². The Morgan fingerprint density at radius 2 is 2.14 bits per heavy atom. The summed E-state index contributed by atoms with van der Waals surface area (Å²) in [5.41, 5.74) is 5.94. The zero-order valence-electron chi connectivity index (χ0n) is 12.7. The molecule has 1 heterocycles. The Kier molecular flexibility index (Phi) is 5.17. The van der Waals surface area contributed by atoms with Crippen LogP contribution in [-0.4, -0.2) is 51.5 Å². The normalized spacial score (nSPS) is 22.0. The fraction of sp³-hybridized carbons (Fsp3) is 0.500. The third-order valence-corrected chi connectivity index (χ3v) is 5.35. The van der Waals surface area contributed by atoms with Crippen molar-refractivity contribution in [2.24, 2.45) is 5.73 Å². The molecule has 0 unspecified atom stereocenters. The first-order chi connectivity index (χ1) is 10.3. The maximum atomic E-state index is 12.1. The lowest BCUT2D eigenvalue weighted by Gasteiger charge is -2.15. The molecule has 0 radical (unpaired) electrons.